The minimum Gasteiger partial charge on any atom is -0.317 e. The summed E-state index contributed by atoms with van der Waals surface area (Å²) in [5, 5.41) is 3.31. The fourth-order valence-corrected chi connectivity index (χ4v) is 4.48. The maximum atomic E-state index is 12.4. The highest BCUT2D eigenvalue weighted by Crippen LogP contribution is 2.37. The van der Waals surface area contributed by atoms with Crippen LogP contribution >= 0.6 is 0 Å². The average molecular weight is 319 g/mol. The molecule has 0 saturated heterocycles. The third-order valence-corrected chi connectivity index (χ3v) is 6.67. The van der Waals surface area contributed by atoms with Crippen molar-refractivity contribution in [2.24, 2.45) is 5.41 Å². The summed E-state index contributed by atoms with van der Waals surface area (Å²) in [6.45, 7) is 8.63. The van der Waals surface area contributed by atoms with Gasteiger partial charge in [0.15, 0.2) is 0 Å². The minimum absolute atomic E-state index is 0.209. The summed E-state index contributed by atoms with van der Waals surface area (Å²) in [4.78, 5) is 0. The lowest BCUT2D eigenvalue weighted by Gasteiger charge is -2.38. The van der Waals surface area contributed by atoms with Crippen molar-refractivity contribution in [3.05, 3.63) is 0 Å². The van der Waals surface area contributed by atoms with Gasteiger partial charge in [0.05, 0.1) is 5.75 Å². The molecule has 0 amide bonds. The van der Waals surface area contributed by atoms with Gasteiger partial charge in [-0.25, -0.2) is 12.7 Å². The molecule has 0 aliphatic heterocycles. The Morgan fingerprint density at radius 2 is 1.76 bits per heavy atom. The Hall–Kier alpha value is -0.130. The molecule has 0 aromatic carbocycles. The van der Waals surface area contributed by atoms with Gasteiger partial charge in [0, 0.05) is 13.1 Å². The van der Waals surface area contributed by atoms with E-state index in [2.05, 4.69) is 26.1 Å². The largest absolute Gasteiger partial charge is 0.317 e. The first-order valence-electron chi connectivity index (χ1n) is 8.45. The second-order valence-electron chi connectivity index (χ2n) is 7.18. The van der Waals surface area contributed by atoms with Gasteiger partial charge in [-0.1, -0.05) is 20.8 Å². The summed E-state index contributed by atoms with van der Waals surface area (Å²) in [5.74, 6) is 0.289. The first-order valence-corrected chi connectivity index (χ1v) is 10.1. The standard InChI is InChI=1S/C16H34N2O2S/c1-5-12-17-13-6-7-14-21(19,20)18(4)15-8-10-16(2,3)11-9-15/h15,17H,5-14H2,1-4H3. The van der Waals surface area contributed by atoms with Crippen LogP contribution in [0.3, 0.4) is 0 Å². The van der Waals surface area contributed by atoms with Crippen LogP contribution in [0.5, 0.6) is 0 Å². The van der Waals surface area contributed by atoms with E-state index in [9.17, 15) is 8.42 Å². The van der Waals surface area contributed by atoms with Gasteiger partial charge in [-0.15, -0.1) is 0 Å². The van der Waals surface area contributed by atoms with E-state index in [1.54, 1.807) is 11.4 Å². The first-order chi connectivity index (χ1) is 9.78. The molecule has 21 heavy (non-hydrogen) atoms. The smallest absolute Gasteiger partial charge is 0.214 e. The Labute approximate surface area is 131 Å². The van der Waals surface area contributed by atoms with Gasteiger partial charge in [0.2, 0.25) is 10.0 Å². The van der Waals surface area contributed by atoms with Crippen LogP contribution in [0.1, 0.15) is 65.7 Å². The molecule has 1 saturated carbocycles. The van der Waals surface area contributed by atoms with Crippen molar-refractivity contribution in [2.75, 3.05) is 25.9 Å². The highest BCUT2D eigenvalue weighted by atomic mass is 32.2. The number of unbranched alkanes of at least 4 members (excludes halogenated alkanes) is 1. The van der Waals surface area contributed by atoms with Crippen molar-refractivity contribution < 1.29 is 8.42 Å². The molecule has 0 atom stereocenters. The molecule has 0 radical (unpaired) electrons. The Balaban J connectivity index is 2.33. The maximum Gasteiger partial charge on any atom is 0.214 e. The molecule has 1 N–H and O–H groups in total. The Bertz CT molecular complexity index is 383. The quantitative estimate of drug-likeness (QED) is 0.665. The zero-order valence-corrected chi connectivity index (χ0v) is 15.1. The molecule has 0 bridgehead atoms. The van der Waals surface area contributed by atoms with E-state index in [1.165, 1.54) is 0 Å². The second kappa shape index (κ2) is 8.49. The number of nitrogens with zero attached hydrogens (tertiary/aromatic N) is 1. The molecule has 0 aromatic rings. The van der Waals surface area contributed by atoms with E-state index < -0.39 is 10.0 Å². The van der Waals surface area contributed by atoms with Crippen LogP contribution in [0.4, 0.5) is 0 Å². The van der Waals surface area contributed by atoms with E-state index in [0.29, 0.717) is 5.41 Å². The maximum absolute atomic E-state index is 12.4. The van der Waals surface area contributed by atoms with Crippen LogP contribution in [0.25, 0.3) is 0 Å². The van der Waals surface area contributed by atoms with Crippen LogP contribution in [-0.4, -0.2) is 44.7 Å². The van der Waals surface area contributed by atoms with Crippen LogP contribution in [0.2, 0.25) is 0 Å². The predicted octanol–water partition coefficient (Wildman–Crippen LogP) is 3.00. The molecular formula is C16H34N2O2S. The molecule has 1 aliphatic rings. The third-order valence-electron chi connectivity index (χ3n) is 4.69. The second-order valence-corrected chi connectivity index (χ2v) is 9.33. The summed E-state index contributed by atoms with van der Waals surface area (Å²) in [6, 6.07) is 0.209. The normalized spacial score (nSPS) is 20.0. The van der Waals surface area contributed by atoms with Crippen LogP contribution < -0.4 is 5.32 Å². The Morgan fingerprint density at radius 3 is 2.33 bits per heavy atom. The molecule has 0 spiro atoms. The summed E-state index contributed by atoms with van der Waals surface area (Å²) in [5.41, 5.74) is 0.381. The molecule has 126 valence electrons. The van der Waals surface area contributed by atoms with Crippen LogP contribution in [0.15, 0.2) is 0 Å². The van der Waals surface area contributed by atoms with Crippen molar-refractivity contribution in [3.8, 4) is 0 Å². The van der Waals surface area contributed by atoms with Crippen LogP contribution in [0, 0.1) is 5.41 Å². The van der Waals surface area contributed by atoms with Gasteiger partial charge < -0.3 is 5.32 Å². The van der Waals surface area contributed by atoms with Gasteiger partial charge in [-0.2, -0.15) is 0 Å². The van der Waals surface area contributed by atoms with Crippen molar-refractivity contribution in [1.82, 2.24) is 9.62 Å². The van der Waals surface area contributed by atoms with Crippen molar-refractivity contribution in [1.29, 1.82) is 0 Å². The van der Waals surface area contributed by atoms with Crippen molar-refractivity contribution in [2.45, 2.75) is 71.8 Å². The monoisotopic (exact) mass is 318 g/mol. The van der Waals surface area contributed by atoms with E-state index in [-0.39, 0.29) is 11.8 Å². The number of hydrogen-bond donors (Lipinski definition) is 1. The topological polar surface area (TPSA) is 49.4 Å². The molecule has 0 aromatic heterocycles. The lowest BCUT2D eigenvalue weighted by molar-refractivity contribution is 0.174. The van der Waals surface area contributed by atoms with Gasteiger partial charge >= 0.3 is 0 Å². The summed E-state index contributed by atoms with van der Waals surface area (Å²) in [6.07, 6.45) is 7.06. The van der Waals surface area contributed by atoms with Gasteiger partial charge in [-0.05, 0) is 63.5 Å². The fourth-order valence-electron chi connectivity index (χ4n) is 2.96. The zero-order chi connectivity index (χ0) is 15.9. The van der Waals surface area contributed by atoms with E-state index in [1.807, 2.05) is 0 Å². The molecular weight excluding hydrogens is 284 g/mol. The first kappa shape index (κ1) is 18.9. The summed E-state index contributed by atoms with van der Waals surface area (Å²) in [7, 11) is -1.31. The van der Waals surface area contributed by atoms with E-state index in [4.69, 9.17) is 0 Å². The number of nitrogens with one attached hydrogen (secondary N) is 1. The van der Waals surface area contributed by atoms with Gasteiger partial charge in [0.1, 0.15) is 0 Å². The van der Waals surface area contributed by atoms with Crippen molar-refractivity contribution >= 4 is 10.0 Å². The van der Waals surface area contributed by atoms with Crippen molar-refractivity contribution in [3.63, 3.8) is 0 Å². The molecule has 5 heteroatoms. The lowest BCUT2D eigenvalue weighted by Crippen LogP contribution is -2.41. The molecule has 1 rings (SSSR count). The number of rotatable bonds is 9. The minimum atomic E-state index is -3.08. The Morgan fingerprint density at radius 1 is 1.14 bits per heavy atom. The summed E-state index contributed by atoms with van der Waals surface area (Å²) >= 11 is 0. The van der Waals surface area contributed by atoms with Gasteiger partial charge in [0.25, 0.3) is 0 Å². The highest BCUT2D eigenvalue weighted by molar-refractivity contribution is 7.89. The predicted molar refractivity (Wildman–Crippen MR) is 90.0 cm³/mol. The number of hydrogen-bond acceptors (Lipinski definition) is 3. The highest BCUT2D eigenvalue weighted by Gasteiger charge is 2.32. The fraction of sp³-hybridized carbons (Fsp3) is 1.00. The average Bonchev–Trinajstić information content (AvgIpc) is 2.42. The van der Waals surface area contributed by atoms with E-state index in [0.717, 1.165) is 58.0 Å². The number of sulfonamides is 1. The molecule has 0 heterocycles. The lowest BCUT2D eigenvalue weighted by atomic mass is 9.76. The summed E-state index contributed by atoms with van der Waals surface area (Å²) < 4.78 is 26.4. The SMILES string of the molecule is CCCNCCCCS(=O)(=O)N(C)C1CCC(C)(C)CC1. The zero-order valence-electron chi connectivity index (χ0n) is 14.3. The molecule has 1 fully saturated rings. The third kappa shape index (κ3) is 6.66. The molecule has 1 aliphatic carbocycles. The van der Waals surface area contributed by atoms with Gasteiger partial charge in [-0.3, -0.25) is 0 Å². The Kier molecular flexibility index (Phi) is 7.65. The van der Waals surface area contributed by atoms with Crippen LogP contribution in [-0.2, 0) is 10.0 Å². The molecule has 0 unspecified atom stereocenters. The van der Waals surface area contributed by atoms with E-state index >= 15 is 0 Å². The molecule has 4 nitrogen and oxygen atoms in total.